The Balaban J connectivity index is 2.44. The standard InChI is InChI=1S/C14H27N3OS/c1-5-19-11-9-17-13(3)14(12(2)16-17)6-7-15-8-10-18-4/h15H,5-11H2,1-4H3. The molecule has 0 aliphatic rings. The number of aromatic nitrogens is 2. The molecule has 5 heteroatoms. The van der Waals surface area contributed by atoms with Gasteiger partial charge in [-0.05, 0) is 38.1 Å². The van der Waals surface area contributed by atoms with Crippen LogP contribution in [0, 0.1) is 13.8 Å². The van der Waals surface area contributed by atoms with E-state index in [1.54, 1.807) is 7.11 Å². The van der Waals surface area contributed by atoms with Gasteiger partial charge in [0, 0.05) is 25.1 Å². The van der Waals surface area contributed by atoms with Crippen LogP contribution in [-0.2, 0) is 17.7 Å². The summed E-state index contributed by atoms with van der Waals surface area (Å²) in [6.45, 7) is 10.2. The van der Waals surface area contributed by atoms with E-state index in [2.05, 4.69) is 35.9 Å². The van der Waals surface area contributed by atoms with E-state index in [0.717, 1.165) is 38.4 Å². The lowest BCUT2D eigenvalue weighted by Crippen LogP contribution is -2.22. The molecule has 1 aromatic heterocycles. The first kappa shape index (κ1) is 16.5. The molecule has 0 amide bonds. The van der Waals surface area contributed by atoms with Gasteiger partial charge in [0.15, 0.2) is 0 Å². The second kappa shape index (κ2) is 9.39. The molecule has 0 spiro atoms. The minimum Gasteiger partial charge on any atom is -0.383 e. The zero-order chi connectivity index (χ0) is 14.1. The zero-order valence-electron chi connectivity index (χ0n) is 12.7. The van der Waals surface area contributed by atoms with E-state index in [0.29, 0.717) is 0 Å². The second-order valence-corrected chi connectivity index (χ2v) is 5.96. The molecule has 1 aromatic rings. The van der Waals surface area contributed by atoms with Crippen molar-refractivity contribution in [1.82, 2.24) is 15.1 Å². The lowest BCUT2D eigenvalue weighted by molar-refractivity contribution is 0.199. The molecule has 1 rings (SSSR count). The van der Waals surface area contributed by atoms with Gasteiger partial charge >= 0.3 is 0 Å². The normalized spacial score (nSPS) is 11.2. The van der Waals surface area contributed by atoms with E-state index < -0.39 is 0 Å². The Morgan fingerprint density at radius 2 is 2.11 bits per heavy atom. The maximum absolute atomic E-state index is 5.02. The van der Waals surface area contributed by atoms with E-state index in [4.69, 9.17) is 4.74 Å². The van der Waals surface area contributed by atoms with Gasteiger partial charge in [0.25, 0.3) is 0 Å². The van der Waals surface area contributed by atoms with Crippen LogP contribution in [-0.4, -0.2) is 48.1 Å². The van der Waals surface area contributed by atoms with Gasteiger partial charge in [0.05, 0.1) is 18.8 Å². The summed E-state index contributed by atoms with van der Waals surface area (Å²) in [5, 5.41) is 8.03. The lowest BCUT2D eigenvalue weighted by Gasteiger charge is -2.06. The molecular formula is C14H27N3OS. The minimum atomic E-state index is 0.769. The van der Waals surface area contributed by atoms with E-state index in [9.17, 15) is 0 Å². The van der Waals surface area contributed by atoms with Crippen molar-refractivity contribution in [3.8, 4) is 0 Å². The predicted octanol–water partition coefficient (Wildman–Crippen LogP) is 2.03. The largest absolute Gasteiger partial charge is 0.383 e. The molecule has 0 radical (unpaired) electrons. The Morgan fingerprint density at radius 3 is 2.79 bits per heavy atom. The fraction of sp³-hybridized carbons (Fsp3) is 0.786. The third kappa shape index (κ3) is 5.55. The number of thioether (sulfide) groups is 1. The number of nitrogens with zero attached hydrogens (tertiary/aromatic N) is 2. The first-order chi connectivity index (χ1) is 9.20. The minimum absolute atomic E-state index is 0.769. The summed E-state index contributed by atoms with van der Waals surface area (Å²) in [6, 6.07) is 0. The van der Waals surface area contributed by atoms with Crippen molar-refractivity contribution in [2.45, 2.75) is 33.7 Å². The van der Waals surface area contributed by atoms with Crippen LogP contribution in [0.2, 0.25) is 0 Å². The molecule has 4 nitrogen and oxygen atoms in total. The molecule has 0 atom stereocenters. The van der Waals surface area contributed by atoms with E-state index in [1.165, 1.54) is 22.7 Å². The molecule has 0 fully saturated rings. The molecule has 0 aliphatic carbocycles. The highest BCUT2D eigenvalue weighted by Crippen LogP contribution is 2.14. The molecule has 0 aromatic carbocycles. The van der Waals surface area contributed by atoms with Gasteiger partial charge in [-0.25, -0.2) is 0 Å². The number of hydrogen-bond acceptors (Lipinski definition) is 4. The molecule has 0 saturated carbocycles. The first-order valence-electron chi connectivity index (χ1n) is 7.01. The Labute approximate surface area is 121 Å². The zero-order valence-corrected chi connectivity index (χ0v) is 13.5. The number of nitrogens with one attached hydrogen (secondary N) is 1. The Hall–Kier alpha value is -0.520. The van der Waals surface area contributed by atoms with Crippen LogP contribution in [0.5, 0.6) is 0 Å². The van der Waals surface area contributed by atoms with Crippen molar-refractivity contribution in [3.63, 3.8) is 0 Å². The highest BCUT2D eigenvalue weighted by atomic mass is 32.2. The van der Waals surface area contributed by atoms with Gasteiger partial charge in [-0.1, -0.05) is 6.92 Å². The van der Waals surface area contributed by atoms with Crippen LogP contribution < -0.4 is 5.32 Å². The van der Waals surface area contributed by atoms with Crippen LogP contribution in [0.3, 0.4) is 0 Å². The maximum atomic E-state index is 5.02. The summed E-state index contributed by atoms with van der Waals surface area (Å²) in [4.78, 5) is 0. The van der Waals surface area contributed by atoms with Crippen molar-refractivity contribution < 1.29 is 4.74 Å². The molecule has 19 heavy (non-hydrogen) atoms. The third-order valence-electron chi connectivity index (χ3n) is 3.22. The van der Waals surface area contributed by atoms with Gasteiger partial charge in [-0.2, -0.15) is 16.9 Å². The molecule has 0 unspecified atom stereocenters. The van der Waals surface area contributed by atoms with E-state index in [1.807, 2.05) is 11.8 Å². The summed E-state index contributed by atoms with van der Waals surface area (Å²) < 4.78 is 7.17. The topological polar surface area (TPSA) is 39.1 Å². The smallest absolute Gasteiger partial charge is 0.0628 e. The number of rotatable bonds is 10. The van der Waals surface area contributed by atoms with Gasteiger partial charge in [0.2, 0.25) is 0 Å². The van der Waals surface area contributed by atoms with Crippen molar-refractivity contribution in [2.24, 2.45) is 0 Å². The van der Waals surface area contributed by atoms with Crippen molar-refractivity contribution in [1.29, 1.82) is 0 Å². The van der Waals surface area contributed by atoms with Gasteiger partial charge in [0.1, 0.15) is 0 Å². The van der Waals surface area contributed by atoms with Crippen molar-refractivity contribution in [2.75, 3.05) is 38.3 Å². The van der Waals surface area contributed by atoms with Crippen LogP contribution in [0.25, 0.3) is 0 Å². The molecule has 0 bridgehead atoms. The van der Waals surface area contributed by atoms with Gasteiger partial charge in [-0.15, -0.1) is 0 Å². The quantitative estimate of drug-likeness (QED) is 0.668. The fourth-order valence-electron chi connectivity index (χ4n) is 2.12. The van der Waals surface area contributed by atoms with E-state index >= 15 is 0 Å². The molecule has 1 N–H and O–H groups in total. The van der Waals surface area contributed by atoms with Crippen LogP contribution in [0.1, 0.15) is 23.9 Å². The van der Waals surface area contributed by atoms with Crippen LogP contribution in [0.4, 0.5) is 0 Å². The lowest BCUT2D eigenvalue weighted by atomic mass is 10.1. The Morgan fingerprint density at radius 1 is 1.32 bits per heavy atom. The van der Waals surface area contributed by atoms with Gasteiger partial charge in [-0.3, -0.25) is 4.68 Å². The summed E-state index contributed by atoms with van der Waals surface area (Å²) in [5.41, 5.74) is 3.89. The molecule has 0 saturated heterocycles. The monoisotopic (exact) mass is 285 g/mol. The van der Waals surface area contributed by atoms with Crippen molar-refractivity contribution >= 4 is 11.8 Å². The average molecular weight is 285 g/mol. The average Bonchev–Trinajstić information content (AvgIpc) is 2.66. The van der Waals surface area contributed by atoms with Crippen LogP contribution >= 0.6 is 11.8 Å². The Kier molecular flexibility index (Phi) is 8.18. The number of ether oxygens (including phenoxy) is 1. The first-order valence-corrected chi connectivity index (χ1v) is 8.16. The number of aryl methyl sites for hydroxylation is 2. The summed E-state index contributed by atoms with van der Waals surface area (Å²) in [7, 11) is 1.73. The maximum Gasteiger partial charge on any atom is 0.0628 e. The Bertz CT molecular complexity index is 366. The third-order valence-corrected chi connectivity index (χ3v) is 4.10. The SMILES string of the molecule is CCSCCn1nc(C)c(CCNCCOC)c1C. The van der Waals surface area contributed by atoms with Gasteiger partial charge < -0.3 is 10.1 Å². The summed E-state index contributed by atoms with van der Waals surface area (Å²) in [6.07, 6.45) is 1.04. The summed E-state index contributed by atoms with van der Waals surface area (Å²) in [5.74, 6) is 2.32. The number of methoxy groups -OCH3 is 1. The van der Waals surface area contributed by atoms with Crippen molar-refractivity contribution in [3.05, 3.63) is 17.0 Å². The highest BCUT2D eigenvalue weighted by Gasteiger charge is 2.10. The van der Waals surface area contributed by atoms with Crippen LogP contribution in [0.15, 0.2) is 0 Å². The summed E-state index contributed by atoms with van der Waals surface area (Å²) >= 11 is 1.97. The fourth-order valence-corrected chi connectivity index (χ4v) is 2.71. The van der Waals surface area contributed by atoms with E-state index in [-0.39, 0.29) is 0 Å². The predicted molar refractivity (Wildman–Crippen MR) is 83.1 cm³/mol. The molecule has 1 heterocycles. The molecular weight excluding hydrogens is 258 g/mol. The molecule has 110 valence electrons. The highest BCUT2D eigenvalue weighted by molar-refractivity contribution is 7.99. The number of hydrogen-bond donors (Lipinski definition) is 1. The molecule has 0 aliphatic heterocycles. The second-order valence-electron chi connectivity index (χ2n) is 4.56.